The predicted octanol–water partition coefficient (Wildman–Crippen LogP) is 4.28. The van der Waals surface area contributed by atoms with Crippen molar-refractivity contribution in [2.75, 3.05) is 18.5 Å². The molecule has 7 atom stereocenters. The van der Waals surface area contributed by atoms with E-state index in [1.165, 1.54) is 0 Å². The van der Waals surface area contributed by atoms with Crippen LogP contribution in [0.15, 0.2) is 72.8 Å². The summed E-state index contributed by atoms with van der Waals surface area (Å²) in [6, 6.07) is 21.9. The number of anilines is 1. The summed E-state index contributed by atoms with van der Waals surface area (Å²) in [6.07, 6.45) is 1.13. The summed E-state index contributed by atoms with van der Waals surface area (Å²) in [5, 5.41) is 15.7. The fourth-order valence-electron chi connectivity index (χ4n) is 7.27. The molecule has 0 aromatic heterocycles. The third-order valence-electron chi connectivity index (χ3n) is 8.93. The number of thioether (sulfide) groups is 1. The normalized spacial score (nSPS) is 29.4. The van der Waals surface area contributed by atoms with E-state index in [1.54, 1.807) is 23.6 Å². The summed E-state index contributed by atoms with van der Waals surface area (Å²) < 4.78 is 4.66. The van der Waals surface area contributed by atoms with Crippen molar-refractivity contribution >= 4 is 46.0 Å². The molecule has 3 aromatic carbocycles. The number of ether oxygens (including phenoxy) is 1. The van der Waals surface area contributed by atoms with Gasteiger partial charge in [0.1, 0.15) is 6.04 Å². The lowest BCUT2D eigenvalue weighted by Crippen LogP contribution is -2.57. The van der Waals surface area contributed by atoms with Gasteiger partial charge in [0, 0.05) is 10.9 Å². The lowest BCUT2D eigenvalue weighted by atomic mass is 9.66. The molecular weight excluding hydrogens is 524 g/mol. The first kappa shape index (κ1) is 26.8. The molecule has 2 bridgehead atoms. The fourth-order valence-corrected chi connectivity index (χ4v) is 9.67. The van der Waals surface area contributed by atoms with Crippen molar-refractivity contribution in [3.63, 3.8) is 0 Å². The van der Waals surface area contributed by atoms with Crippen LogP contribution in [0.4, 0.5) is 5.69 Å². The minimum absolute atomic E-state index is 0.0237. The van der Waals surface area contributed by atoms with Crippen LogP contribution in [-0.2, 0) is 25.5 Å². The number of rotatable bonds is 8. The van der Waals surface area contributed by atoms with Crippen molar-refractivity contribution in [2.45, 2.75) is 48.8 Å². The summed E-state index contributed by atoms with van der Waals surface area (Å²) in [5.74, 6) is -2.16. The third-order valence-corrected chi connectivity index (χ3v) is 11.0. The fraction of sp³-hybridized carbons (Fsp3) is 0.406. The molecule has 1 spiro atoms. The molecule has 208 valence electrons. The molecule has 3 aliphatic heterocycles. The molecule has 3 fully saturated rings. The number of aliphatic hydroxyl groups is 1. The van der Waals surface area contributed by atoms with Gasteiger partial charge in [0.15, 0.2) is 0 Å². The molecule has 2 amide bonds. The predicted molar refractivity (Wildman–Crippen MR) is 156 cm³/mol. The van der Waals surface area contributed by atoms with Crippen LogP contribution in [0.25, 0.3) is 10.8 Å². The van der Waals surface area contributed by atoms with Gasteiger partial charge in [-0.05, 0) is 54.2 Å². The number of hydrogen-bond acceptors (Lipinski definition) is 6. The van der Waals surface area contributed by atoms with E-state index < -0.39 is 28.7 Å². The third kappa shape index (κ3) is 4.20. The summed E-state index contributed by atoms with van der Waals surface area (Å²) in [7, 11) is 0. The Kier molecular flexibility index (Phi) is 7.09. The Hall–Kier alpha value is -3.36. The largest absolute Gasteiger partial charge is 0.466 e. The number of nitrogens with one attached hydrogen (secondary N) is 1. The highest BCUT2D eigenvalue weighted by atomic mass is 32.2. The van der Waals surface area contributed by atoms with Gasteiger partial charge in [-0.15, -0.1) is 11.8 Å². The Morgan fingerprint density at radius 1 is 1.10 bits per heavy atom. The molecule has 8 heteroatoms. The maximum atomic E-state index is 14.4. The standard InChI is InChI=1S/C32H34N2O5S/c1-3-39-31(38)26-25-15-19(2)32(40-25)27(26)30(37)34(24(18-35)16-20-9-5-4-6-10-20)28(32)29(36)33-23-14-13-21-11-7-8-12-22(21)17-23/h4-14,17,19,24-28,35H,3,15-16,18H2,1-2H3,(H,33,36)/t19?,24-,25-,26+,27+,28?,32?/m1/s1. The van der Waals surface area contributed by atoms with E-state index in [4.69, 9.17) is 4.74 Å². The maximum absolute atomic E-state index is 14.4. The van der Waals surface area contributed by atoms with Gasteiger partial charge in [0.25, 0.3) is 0 Å². The molecule has 40 heavy (non-hydrogen) atoms. The zero-order valence-electron chi connectivity index (χ0n) is 22.7. The van der Waals surface area contributed by atoms with E-state index in [9.17, 15) is 19.5 Å². The van der Waals surface area contributed by atoms with Crippen molar-refractivity contribution in [1.82, 2.24) is 4.90 Å². The molecule has 0 aliphatic carbocycles. The van der Waals surface area contributed by atoms with Crippen molar-refractivity contribution in [1.29, 1.82) is 0 Å². The van der Waals surface area contributed by atoms with E-state index in [0.717, 1.165) is 22.8 Å². The number of fused-ring (bicyclic) bond motifs is 2. The number of hydrogen-bond donors (Lipinski definition) is 2. The number of likely N-dealkylation sites (tertiary alicyclic amines) is 1. The number of carbonyl (C=O) groups is 3. The van der Waals surface area contributed by atoms with Crippen molar-refractivity contribution < 1.29 is 24.2 Å². The van der Waals surface area contributed by atoms with Gasteiger partial charge in [0.2, 0.25) is 11.8 Å². The van der Waals surface area contributed by atoms with E-state index in [2.05, 4.69) is 12.2 Å². The van der Waals surface area contributed by atoms with Crippen LogP contribution in [0.5, 0.6) is 0 Å². The Morgan fingerprint density at radius 3 is 2.55 bits per heavy atom. The Morgan fingerprint density at radius 2 is 1.82 bits per heavy atom. The smallest absolute Gasteiger partial charge is 0.310 e. The average molecular weight is 559 g/mol. The second-order valence-electron chi connectivity index (χ2n) is 11.1. The Labute approximate surface area is 238 Å². The first-order valence-electron chi connectivity index (χ1n) is 14.0. The van der Waals surface area contributed by atoms with Gasteiger partial charge in [0.05, 0.1) is 35.8 Å². The van der Waals surface area contributed by atoms with Gasteiger partial charge in [-0.3, -0.25) is 14.4 Å². The zero-order valence-corrected chi connectivity index (χ0v) is 23.5. The number of aliphatic hydroxyl groups excluding tert-OH is 1. The van der Waals surface area contributed by atoms with Crippen LogP contribution in [0.2, 0.25) is 0 Å². The molecule has 0 saturated carbocycles. The Bertz CT molecular complexity index is 1450. The molecule has 3 heterocycles. The van der Waals surface area contributed by atoms with Crippen LogP contribution in [0.1, 0.15) is 25.8 Å². The highest BCUT2D eigenvalue weighted by Crippen LogP contribution is 2.69. The lowest BCUT2D eigenvalue weighted by molar-refractivity contribution is -0.154. The maximum Gasteiger partial charge on any atom is 0.310 e. The number of carbonyl (C=O) groups excluding carboxylic acids is 3. The molecule has 7 nitrogen and oxygen atoms in total. The van der Waals surface area contributed by atoms with Crippen molar-refractivity contribution in [3.05, 3.63) is 78.4 Å². The molecule has 6 rings (SSSR count). The molecular formula is C32H34N2O5S. The van der Waals surface area contributed by atoms with E-state index in [-0.39, 0.29) is 42.2 Å². The molecule has 3 aromatic rings. The second kappa shape index (κ2) is 10.6. The first-order chi connectivity index (χ1) is 19.4. The molecule has 2 N–H and O–H groups in total. The summed E-state index contributed by atoms with van der Waals surface area (Å²) in [5.41, 5.74) is 1.61. The van der Waals surface area contributed by atoms with Crippen LogP contribution in [-0.4, -0.2) is 63.1 Å². The van der Waals surface area contributed by atoms with Crippen LogP contribution >= 0.6 is 11.8 Å². The van der Waals surface area contributed by atoms with E-state index >= 15 is 0 Å². The minimum atomic E-state index is -0.846. The second-order valence-corrected chi connectivity index (χ2v) is 12.7. The topological polar surface area (TPSA) is 95.9 Å². The van der Waals surface area contributed by atoms with Crippen LogP contribution < -0.4 is 5.32 Å². The summed E-state index contributed by atoms with van der Waals surface area (Å²) in [4.78, 5) is 43.5. The SMILES string of the molecule is CCOC(=O)[C@@H]1[C@H]2C(=O)N([C@@H](CO)Cc3ccccc3)C(C(=O)Nc3ccc4ccccc4c3)C23S[C@@H]1CC3C. The molecule has 0 radical (unpaired) electrons. The summed E-state index contributed by atoms with van der Waals surface area (Å²) >= 11 is 1.61. The number of benzene rings is 3. The van der Waals surface area contributed by atoms with E-state index in [0.29, 0.717) is 12.1 Å². The van der Waals surface area contributed by atoms with Crippen LogP contribution in [0, 0.1) is 17.8 Å². The van der Waals surface area contributed by atoms with Crippen molar-refractivity contribution in [3.8, 4) is 0 Å². The minimum Gasteiger partial charge on any atom is -0.466 e. The zero-order chi connectivity index (χ0) is 28.0. The summed E-state index contributed by atoms with van der Waals surface area (Å²) in [6.45, 7) is 3.79. The van der Waals surface area contributed by atoms with Gasteiger partial charge < -0.3 is 20.1 Å². The number of esters is 1. The molecule has 3 unspecified atom stereocenters. The highest BCUT2D eigenvalue weighted by Gasteiger charge is 2.76. The van der Waals surface area contributed by atoms with Gasteiger partial charge in [-0.1, -0.05) is 67.6 Å². The first-order valence-corrected chi connectivity index (χ1v) is 14.9. The highest BCUT2D eigenvalue weighted by molar-refractivity contribution is 8.02. The van der Waals surface area contributed by atoms with E-state index in [1.807, 2.05) is 72.8 Å². The quantitative estimate of drug-likeness (QED) is 0.401. The Balaban J connectivity index is 1.41. The van der Waals surface area contributed by atoms with Gasteiger partial charge >= 0.3 is 5.97 Å². The van der Waals surface area contributed by atoms with Gasteiger partial charge in [-0.25, -0.2) is 0 Å². The van der Waals surface area contributed by atoms with Gasteiger partial charge in [-0.2, -0.15) is 0 Å². The lowest BCUT2D eigenvalue weighted by Gasteiger charge is -2.40. The average Bonchev–Trinajstić information content (AvgIpc) is 3.56. The monoisotopic (exact) mass is 558 g/mol. The van der Waals surface area contributed by atoms with Crippen molar-refractivity contribution in [2.24, 2.45) is 17.8 Å². The molecule has 3 aliphatic rings. The van der Waals surface area contributed by atoms with Crippen LogP contribution in [0.3, 0.4) is 0 Å². The number of nitrogens with zero attached hydrogens (tertiary/aromatic N) is 1. The number of amides is 2. The molecule has 3 saturated heterocycles.